The van der Waals surface area contributed by atoms with Gasteiger partial charge < -0.3 is 5.11 Å². The largest absolute Gasteiger partial charge is 0.476 e. The molecule has 0 atom stereocenters. The number of carboxylic acids is 1. The fraction of sp³-hybridized carbons (Fsp3) is 0. The second-order valence-electron chi connectivity index (χ2n) is 1.32. The average molecular weight is 208 g/mol. The lowest BCUT2D eigenvalue weighted by Gasteiger charge is -1.77. The van der Waals surface area contributed by atoms with Crippen molar-refractivity contribution in [2.75, 3.05) is 0 Å². The molecule has 0 bridgehead atoms. The predicted molar refractivity (Wildman–Crippen MR) is 36.8 cm³/mol. The van der Waals surface area contributed by atoms with Crippen LogP contribution in [-0.2, 0) is 0 Å². The second-order valence-corrected chi connectivity index (χ2v) is 3.51. The Morgan fingerprint density at radius 3 is 2.78 bits per heavy atom. The summed E-state index contributed by atoms with van der Waals surface area (Å²) in [6, 6.07) is 1.47. The Kier molecular flexibility index (Phi) is 1.82. The van der Waals surface area contributed by atoms with Gasteiger partial charge in [-0.1, -0.05) is 0 Å². The highest BCUT2D eigenvalue weighted by molar-refractivity contribution is 9.11. The number of nitrogens with zero attached hydrogens (tertiary/aromatic N) is 1. The van der Waals surface area contributed by atoms with Gasteiger partial charge in [0.25, 0.3) is 0 Å². The molecule has 1 N–H and O–H groups in total. The molecule has 0 unspecified atom stereocenters. The molecule has 5 heteroatoms. The van der Waals surface area contributed by atoms with Gasteiger partial charge in [-0.2, -0.15) is 4.37 Å². The van der Waals surface area contributed by atoms with E-state index in [1.807, 2.05) is 0 Å². The molecule has 0 saturated carbocycles. The molecule has 0 aliphatic carbocycles. The molecule has 48 valence electrons. The summed E-state index contributed by atoms with van der Waals surface area (Å²) in [5, 5.41) is 8.32. The molecule has 0 amide bonds. The molecule has 1 aromatic rings. The first-order chi connectivity index (χ1) is 4.20. The minimum absolute atomic E-state index is 0.0897. The van der Waals surface area contributed by atoms with Crippen molar-refractivity contribution in [2.24, 2.45) is 0 Å². The van der Waals surface area contributed by atoms with Gasteiger partial charge in [-0.15, -0.1) is 0 Å². The topological polar surface area (TPSA) is 50.2 Å². The SMILES string of the molecule is O=C(O)c1cc(Br)sn1. The van der Waals surface area contributed by atoms with Crippen LogP contribution < -0.4 is 0 Å². The third-order valence-corrected chi connectivity index (χ3v) is 1.94. The minimum Gasteiger partial charge on any atom is -0.476 e. The first-order valence-electron chi connectivity index (χ1n) is 2.05. The van der Waals surface area contributed by atoms with Gasteiger partial charge in [-0.3, -0.25) is 0 Å². The molecule has 9 heavy (non-hydrogen) atoms. The predicted octanol–water partition coefficient (Wildman–Crippen LogP) is 1.60. The Balaban J connectivity index is 2.98. The number of rotatable bonds is 1. The van der Waals surface area contributed by atoms with Crippen molar-refractivity contribution < 1.29 is 9.90 Å². The lowest BCUT2D eigenvalue weighted by atomic mass is 10.5. The van der Waals surface area contributed by atoms with Crippen LogP contribution in [0.25, 0.3) is 0 Å². The lowest BCUT2D eigenvalue weighted by Crippen LogP contribution is -1.94. The van der Waals surface area contributed by atoms with Gasteiger partial charge >= 0.3 is 5.97 Å². The number of halogens is 1. The first kappa shape index (κ1) is 6.70. The van der Waals surface area contributed by atoms with Crippen molar-refractivity contribution in [3.63, 3.8) is 0 Å². The monoisotopic (exact) mass is 207 g/mol. The van der Waals surface area contributed by atoms with E-state index in [1.54, 1.807) is 0 Å². The number of aromatic carboxylic acids is 1. The number of hydrogen-bond acceptors (Lipinski definition) is 3. The molecule has 0 aromatic carbocycles. The third-order valence-electron chi connectivity index (χ3n) is 0.701. The Hall–Kier alpha value is -0.420. The maximum atomic E-state index is 10.1. The van der Waals surface area contributed by atoms with E-state index in [2.05, 4.69) is 20.3 Å². The van der Waals surface area contributed by atoms with Crippen LogP contribution in [0.1, 0.15) is 10.5 Å². The number of carboxylic acid groups (broad SMARTS) is 1. The van der Waals surface area contributed by atoms with Gasteiger partial charge in [-0.25, -0.2) is 4.79 Å². The van der Waals surface area contributed by atoms with E-state index in [0.29, 0.717) is 0 Å². The van der Waals surface area contributed by atoms with Crippen LogP contribution in [0.4, 0.5) is 0 Å². The maximum absolute atomic E-state index is 10.1. The number of aromatic nitrogens is 1. The normalized spacial score (nSPS) is 9.44. The Labute approximate surface area is 63.6 Å². The van der Waals surface area contributed by atoms with Crippen LogP contribution in [0.5, 0.6) is 0 Å². The van der Waals surface area contributed by atoms with Crippen LogP contribution in [0.15, 0.2) is 9.85 Å². The highest BCUT2D eigenvalue weighted by Gasteiger charge is 2.05. The van der Waals surface area contributed by atoms with Gasteiger partial charge in [0, 0.05) is 0 Å². The molecule has 0 aliphatic heterocycles. The van der Waals surface area contributed by atoms with E-state index in [-0.39, 0.29) is 5.69 Å². The zero-order valence-electron chi connectivity index (χ0n) is 4.17. The molecule has 1 rings (SSSR count). The molecular formula is C4H2BrNO2S. The highest BCUT2D eigenvalue weighted by Crippen LogP contribution is 2.16. The van der Waals surface area contributed by atoms with Crippen LogP contribution >= 0.6 is 27.5 Å². The summed E-state index contributed by atoms with van der Waals surface area (Å²) in [6.07, 6.45) is 0. The Morgan fingerprint density at radius 2 is 2.56 bits per heavy atom. The van der Waals surface area contributed by atoms with E-state index in [1.165, 1.54) is 6.07 Å². The Bertz CT molecular complexity index is 234. The van der Waals surface area contributed by atoms with Crippen molar-refractivity contribution in [3.8, 4) is 0 Å². The summed E-state index contributed by atoms with van der Waals surface area (Å²) in [5.74, 6) is -0.989. The van der Waals surface area contributed by atoms with Crippen molar-refractivity contribution in [1.82, 2.24) is 4.37 Å². The quantitative estimate of drug-likeness (QED) is 0.762. The van der Waals surface area contributed by atoms with Crippen molar-refractivity contribution >= 4 is 33.4 Å². The standard InChI is InChI=1S/C4H2BrNO2S/c5-3-1-2(4(7)8)6-9-3/h1H,(H,7,8). The molecule has 1 aromatic heterocycles. The van der Waals surface area contributed by atoms with E-state index < -0.39 is 5.97 Å². The minimum atomic E-state index is -0.989. The molecule has 3 nitrogen and oxygen atoms in total. The van der Waals surface area contributed by atoms with Gasteiger partial charge in [0.2, 0.25) is 0 Å². The van der Waals surface area contributed by atoms with E-state index in [4.69, 9.17) is 5.11 Å². The van der Waals surface area contributed by atoms with Gasteiger partial charge in [-0.05, 0) is 33.5 Å². The van der Waals surface area contributed by atoms with Crippen LogP contribution in [-0.4, -0.2) is 15.4 Å². The van der Waals surface area contributed by atoms with Crippen molar-refractivity contribution in [3.05, 3.63) is 15.5 Å². The summed E-state index contributed by atoms with van der Waals surface area (Å²) in [7, 11) is 0. The van der Waals surface area contributed by atoms with E-state index in [0.717, 1.165) is 15.3 Å². The van der Waals surface area contributed by atoms with Crippen LogP contribution in [0.3, 0.4) is 0 Å². The molecule has 0 radical (unpaired) electrons. The lowest BCUT2D eigenvalue weighted by molar-refractivity contribution is 0.0692. The van der Waals surface area contributed by atoms with Crippen molar-refractivity contribution in [2.45, 2.75) is 0 Å². The number of hydrogen-bond donors (Lipinski definition) is 1. The summed E-state index contributed by atoms with van der Waals surface area (Å²) >= 11 is 4.21. The molecular weight excluding hydrogens is 206 g/mol. The van der Waals surface area contributed by atoms with Gasteiger partial charge in [0.05, 0.1) is 3.79 Å². The molecule has 0 saturated heterocycles. The van der Waals surface area contributed by atoms with E-state index >= 15 is 0 Å². The zero-order valence-corrected chi connectivity index (χ0v) is 6.57. The number of carbonyl (C=O) groups is 1. The molecule has 1 heterocycles. The fourth-order valence-corrected chi connectivity index (χ4v) is 1.27. The molecule has 0 aliphatic rings. The summed E-state index contributed by atoms with van der Waals surface area (Å²) < 4.78 is 4.35. The average Bonchev–Trinajstić information content (AvgIpc) is 2.14. The molecule has 0 fully saturated rings. The Morgan fingerprint density at radius 1 is 1.89 bits per heavy atom. The smallest absolute Gasteiger partial charge is 0.355 e. The second kappa shape index (κ2) is 2.45. The van der Waals surface area contributed by atoms with Crippen molar-refractivity contribution in [1.29, 1.82) is 0 Å². The van der Waals surface area contributed by atoms with Gasteiger partial charge in [0.15, 0.2) is 5.69 Å². The van der Waals surface area contributed by atoms with E-state index in [9.17, 15) is 4.79 Å². The zero-order chi connectivity index (χ0) is 6.85. The summed E-state index contributed by atoms with van der Waals surface area (Å²) in [4.78, 5) is 10.1. The van der Waals surface area contributed by atoms with Crippen LogP contribution in [0, 0.1) is 0 Å². The fourth-order valence-electron chi connectivity index (χ4n) is 0.354. The summed E-state index contributed by atoms with van der Waals surface area (Å²) in [5.41, 5.74) is 0.0897. The molecule has 0 spiro atoms. The third kappa shape index (κ3) is 1.49. The first-order valence-corrected chi connectivity index (χ1v) is 3.62. The summed E-state index contributed by atoms with van der Waals surface area (Å²) in [6.45, 7) is 0. The van der Waals surface area contributed by atoms with Gasteiger partial charge in [0.1, 0.15) is 0 Å². The van der Waals surface area contributed by atoms with Crippen LogP contribution in [0.2, 0.25) is 0 Å². The maximum Gasteiger partial charge on any atom is 0.355 e. The highest BCUT2D eigenvalue weighted by atomic mass is 79.9.